The number of carboxylic acids is 1. The van der Waals surface area contributed by atoms with Crippen LogP contribution in [0.5, 0.6) is 0 Å². The van der Waals surface area contributed by atoms with Crippen molar-refractivity contribution < 1.29 is 14.7 Å². The van der Waals surface area contributed by atoms with Gasteiger partial charge in [0.1, 0.15) is 0 Å². The molecule has 0 radical (unpaired) electrons. The molecule has 0 saturated heterocycles. The molecule has 0 unspecified atom stereocenters. The number of amides is 1. The van der Waals surface area contributed by atoms with Gasteiger partial charge in [-0.1, -0.05) is 15.9 Å². The van der Waals surface area contributed by atoms with Crippen LogP contribution in [0, 0.1) is 11.3 Å². The summed E-state index contributed by atoms with van der Waals surface area (Å²) in [6, 6.07) is 12.6. The van der Waals surface area contributed by atoms with E-state index in [-0.39, 0.29) is 11.3 Å². The average Bonchev–Trinajstić information content (AvgIpc) is 2.49. The van der Waals surface area contributed by atoms with Gasteiger partial charge >= 0.3 is 5.97 Å². The lowest BCUT2D eigenvalue weighted by Crippen LogP contribution is -2.14. The van der Waals surface area contributed by atoms with Gasteiger partial charge in [-0.05, 0) is 42.5 Å². The summed E-state index contributed by atoms with van der Waals surface area (Å²) in [5.41, 5.74) is 0.987. The molecule has 5 nitrogen and oxygen atoms in total. The quantitative estimate of drug-likeness (QED) is 0.893. The zero-order chi connectivity index (χ0) is 15.4. The molecule has 2 aromatic rings. The van der Waals surface area contributed by atoms with Crippen molar-refractivity contribution in [2.24, 2.45) is 0 Å². The first-order valence-electron chi connectivity index (χ1n) is 5.85. The van der Waals surface area contributed by atoms with Crippen LogP contribution in [0.3, 0.4) is 0 Å². The van der Waals surface area contributed by atoms with Crippen molar-refractivity contribution in [2.45, 2.75) is 0 Å². The molecule has 0 aromatic heterocycles. The first-order chi connectivity index (χ1) is 10.0. The number of carbonyl (C=O) groups is 2. The second kappa shape index (κ2) is 6.20. The fraction of sp³-hybridized carbons (Fsp3) is 0. The summed E-state index contributed by atoms with van der Waals surface area (Å²) in [5, 5.41) is 20.4. The van der Waals surface area contributed by atoms with Gasteiger partial charge < -0.3 is 10.4 Å². The Morgan fingerprint density at radius 3 is 2.38 bits per heavy atom. The highest BCUT2D eigenvalue weighted by Gasteiger charge is 2.14. The van der Waals surface area contributed by atoms with Crippen LogP contribution in [0.2, 0.25) is 0 Å². The minimum Gasteiger partial charge on any atom is -0.478 e. The maximum Gasteiger partial charge on any atom is 0.337 e. The van der Waals surface area contributed by atoms with Crippen LogP contribution in [-0.4, -0.2) is 17.0 Å². The highest BCUT2D eigenvalue weighted by atomic mass is 79.9. The Bertz CT molecular complexity index is 749. The Morgan fingerprint density at radius 2 is 1.81 bits per heavy atom. The number of nitrogens with one attached hydrogen (secondary N) is 1. The Labute approximate surface area is 129 Å². The second-order valence-electron chi connectivity index (χ2n) is 4.14. The number of benzene rings is 2. The van der Waals surface area contributed by atoms with Crippen LogP contribution in [0.15, 0.2) is 46.9 Å². The lowest BCUT2D eigenvalue weighted by molar-refractivity contribution is 0.0698. The average molecular weight is 345 g/mol. The molecule has 1 amide bonds. The van der Waals surface area contributed by atoms with Crippen molar-refractivity contribution in [3.05, 3.63) is 63.6 Å². The first-order valence-corrected chi connectivity index (χ1v) is 6.65. The maximum atomic E-state index is 12.1. The summed E-state index contributed by atoms with van der Waals surface area (Å²) in [6.07, 6.45) is 0. The number of halogens is 1. The molecule has 0 atom stereocenters. The zero-order valence-corrected chi connectivity index (χ0v) is 12.2. The molecule has 0 heterocycles. The Balaban J connectivity index is 2.27. The van der Waals surface area contributed by atoms with Gasteiger partial charge in [-0.2, -0.15) is 5.26 Å². The van der Waals surface area contributed by atoms with Gasteiger partial charge in [-0.3, -0.25) is 4.79 Å². The Kier molecular flexibility index (Phi) is 4.36. The van der Waals surface area contributed by atoms with E-state index in [1.807, 2.05) is 6.07 Å². The summed E-state index contributed by atoms with van der Waals surface area (Å²) in [4.78, 5) is 23.2. The van der Waals surface area contributed by atoms with Gasteiger partial charge in [0.05, 0.1) is 22.9 Å². The highest BCUT2D eigenvalue weighted by molar-refractivity contribution is 9.10. The van der Waals surface area contributed by atoms with E-state index in [9.17, 15) is 9.59 Å². The minimum absolute atomic E-state index is 0.00799. The van der Waals surface area contributed by atoms with Crippen molar-refractivity contribution in [3.63, 3.8) is 0 Å². The molecule has 0 aliphatic heterocycles. The van der Waals surface area contributed by atoms with Crippen LogP contribution >= 0.6 is 15.9 Å². The van der Waals surface area contributed by atoms with Crippen LogP contribution in [-0.2, 0) is 0 Å². The number of nitrogens with zero attached hydrogens (tertiary/aromatic N) is 1. The molecule has 0 fully saturated rings. The summed E-state index contributed by atoms with van der Waals surface area (Å²) >= 11 is 3.18. The third kappa shape index (κ3) is 3.46. The number of carboxylic acid groups (broad SMARTS) is 1. The van der Waals surface area contributed by atoms with Gasteiger partial charge in [0.15, 0.2) is 0 Å². The third-order valence-corrected chi connectivity index (χ3v) is 3.23. The molecule has 2 N–H and O–H groups in total. The fourth-order valence-corrected chi connectivity index (χ4v) is 2.05. The van der Waals surface area contributed by atoms with Crippen molar-refractivity contribution in [1.29, 1.82) is 5.26 Å². The predicted octanol–water partition coefficient (Wildman–Crippen LogP) is 3.27. The number of rotatable bonds is 3. The lowest BCUT2D eigenvalue weighted by atomic mass is 10.1. The number of hydrogen-bond donors (Lipinski definition) is 2. The third-order valence-electron chi connectivity index (χ3n) is 2.74. The van der Waals surface area contributed by atoms with Gasteiger partial charge in [-0.25, -0.2) is 4.79 Å². The fourth-order valence-electron chi connectivity index (χ4n) is 1.69. The van der Waals surface area contributed by atoms with Crippen LogP contribution < -0.4 is 5.32 Å². The van der Waals surface area contributed by atoms with Crippen LogP contribution in [0.1, 0.15) is 26.3 Å². The molecule has 6 heteroatoms. The monoisotopic (exact) mass is 344 g/mol. The molecule has 104 valence electrons. The van der Waals surface area contributed by atoms with Gasteiger partial charge in [0, 0.05) is 10.0 Å². The Morgan fingerprint density at radius 1 is 1.14 bits per heavy atom. The van der Waals surface area contributed by atoms with Crippen molar-refractivity contribution in [1.82, 2.24) is 0 Å². The Hall–Kier alpha value is -2.65. The molecule has 21 heavy (non-hydrogen) atoms. The normalized spacial score (nSPS) is 9.71. The van der Waals surface area contributed by atoms with E-state index in [0.29, 0.717) is 15.6 Å². The first kappa shape index (κ1) is 14.8. The molecule has 2 rings (SSSR count). The molecule has 0 saturated carbocycles. The second-order valence-corrected chi connectivity index (χ2v) is 5.05. The van der Waals surface area contributed by atoms with E-state index < -0.39 is 11.9 Å². The SMILES string of the molecule is N#Cc1ccc(C(=O)Nc2ccc(Br)cc2C(=O)O)cc1. The van der Waals surface area contributed by atoms with E-state index in [1.165, 1.54) is 36.4 Å². The summed E-state index contributed by atoms with van der Waals surface area (Å²) in [7, 11) is 0. The number of aromatic carboxylic acids is 1. The summed E-state index contributed by atoms with van der Waals surface area (Å²) < 4.78 is 0.608. The summed E-state index contributed by atoms with van der Waals surface area (Å²) in [5.74, 6) is -1.57. The minimum atomic E-state index is -1.13. The smallest absolute Gasteiger partial charge is 0.337 e. The molecule has 2 aromatic carbocycles. The van der Waals surface area contributed by atoms with E-state index >= 15 is 0 Å². The highest BCUT2D eigenvalue weighted by Crippen LogP contribution is 2.22. The van der Waals surface area contributed by atoms with Crippen molar-refractivity contribution in [2.75, 3.05) is 5.32 Å². The number of anilines is 1. The van der Waals surface area contributed by atoms with Gasteiger partial charge in [0.25, 0.3) is 5.91 Å². The predicted molar refractivity (Wildman–Crippen MR) is 80.2 cm³/mol. The molecule has 0 spiro atoms. The van der Waals surface area contributed by atoms with E-state index in [4.69, 9.17) is 10.4 Å². The van der Waals surface area contributed by atoms with Gasteiger partial charge in [-0.15, -0.1) is 0 Å². The standard InChI is InChI=1S/C15H9BrN2O3/c16-11-5-6-13(12(7-11)15(20)21)18-14(19)10-3-1-9(8-17)2-4-10/h1-7H,(H,18,19)(H,20,21). The number of carbonyl (C=O) groups excluding carboxylic acids is 1. The van der Waals surface area contributed by atoms with Crippen LogP contribution in [0.25, 0.3) is 0 Å². The largest absolute Gasteiger partial charge is 0.478 e. The zero-order valence-electron chi connectivity index (χ0n) is 10.6. The lowest BCUT2D eigenvalue weighted by Gasteiger charge is -2.09. The topological polar surface area (TPSA) is 90.2 Å². The number of hydrogen-bond acceptors (Lipinski definition) is 3. The van der Waals surface area contributed by atoms with Crippen molar-refractivity contribution >= 4 is 33.5 Å². The van der Waals surface area contributed by atoms with E-state index in [1.54, 1.807) is 6.07 Å². The summed E-state index contributed by atoms with van der Waals surface area (Å²) in [6.45, 7) is 0. The number of nitriles is 1. The van der Waals surface area contributed by atoms with Gasteiger partial charge in [0.2, 0.25) is 0 Å². The van der Waals surface area contributed by atoms with E-state index in [2.05, 4.69) is 21.2 Å². The molecule has 0 aliphatic carbocycles. The molecular weight excluding hydrogens is 336 g/mol. The van der Waals surface area contributed by atoms with Crippen LogP contribution in [0.4, 0.5) is 5.69 Å². The molecular formula is C15H9BrN2O3. The molecule has 0 aliphatic rings. The van der Waals surface area contributed by atoms with E-state index in [0.717, 1.165) is 0 Å². The molecule has 0 bridgehead atoms. The maximum absolute atomic E-state index is 12.1. The van der Waals surface area contributed by atoms with Crippen molar-refractivity contribution in [3.8, 4) is 6.07 Å².